The Morgan fingerprint density at radius 3 is 2.90 bits per heavy atom. The van der Waals surface area contributed by atoms with E-state index in [0.29, 0.717) is 11.5 Å². The molecule has 0 bridgehead atoms. The molecule has 0 unspecified atom stereocenters. The molecule has 6 nitrogen and oxygen atoms in total. The highest BCUT2D eigenvalue weighted by Crippen LogP contribution is 2.33. The van der Waals surface area contributed by atoms with Crippen molar-refractivity contribution in [1.29, 1.82) is 0 Å². The fourth-order valence-corrected chi connectivity index (χ4v) is 3.64. The summed E-state index contributed by atoms with van der Waals surface area (Å²) in [5.74, 6) is 0.450. The smallest absolute Gasteiger partial charge is 0.331 e. The Bertz CT molecular complexity index is 952. The maximum atomic E-state index is 12.5. The summed E-state index contributed by atoms with van der Waals surface area (Å²) < 4.78 is 15.8. The molecule has 1 amide bonds. The molecular weight excluding hydrogens is 370 g/mol. The summed E-state index contributed by atoms with van der Waals surface area (Å²) in [6.07, 6.45) is 4.97. The highest BCUT2D eigenvalue weighted by molar-refractivity contribution is 5.90. The van der Waals surface area contributed by atoms with Gasteiger partial charge in [0.1, 0.15) is 0 Å². The first-order valence-corrected chi connectivity index (χ1v) is 9.76. The number of esters is 1. The van der Waals surface area contributed by atoms with Crippen molar-refractivity contribution >= 4 is 18.0 Å². The van der Waals surface area contributed by atoms with Crippen molar-refractivity contribution in [2.24, 2.45) is 0 Å². The van der Waals surface area contributed by atoms with Gasteiger partial charge in [0.25, 0.3) is 5.91 Å². The van der Waals surface area contributed by atoms with Crippen LogP contribution in [0.25, 0.3) is 6.08 Å². The van der Waals surface area contributed by atoms with E-state index in [0.717, 1.165) is 30.4 Å². The fraction of sp³-hybridized carbons (Fsp3) is 0.304. The van der Waals surface area contributed by atoms with Gasteiger partial charge in [-0.1, -0.05) is 30.3 Å². The van der Waals surface area contributed by atoms with E-state index in [4.69, 9.17) is 14.2 Å². The Balaban J connectivity index is 1.32. The number of ether oxygens (including phenoxy) is 3. The Labute approximate surface area is 169 Å². The van der Waals surface area contributed by atoms with Crippen LogP contribution in [0.4, 0.5) is 0 Å². The Kier molecular flexibility index (Phi) is 5.51. The zero-order valence-electron chi connectivity index (χ0n) is 16.2. The average molecular weight is 393 g/mol. The van der Waals surface area contributed by atoms with Crippen LogP contribution in [0.1, 0.15) is 42.5 Å². The Morgan fingerprint density at radius 1 is 1.17 bits per heavy atom. The molecule has 1 aliphatic heterocycles. The molecule has 0 saturated carbocycles. The van der Waals surface area contributed by atoms with Gasteiger partial charge in [-0.05, 0) is 61.1 Å². The second-order valence-electron chi connectivity index (χ2n) is 7.18. The van der Waals surface area contributed by atoms with Crippen molar-refractivity contribution in [1.82, 2.24) is 5.32 Å². The molecule has 150 valence electrons. The first-order chi connectivity index (χ1) is 14.1. The van der Waals surface area contributed by atoms with Gasteiger partial charge < -0.3 is 19.5 Å². The molecule has 2 atom stereocenters. The van der Waals surface area contributed by atoms with Crippen LogP contribution in [-0.2, 0) is 20.7 Å². The molecule has 0 spiro atoms. The molecule has 1 aliphatic carbocycles. The quantitative estimate of drug-likeness (QED) is 0.621. The van der Waals surface area contributed by atoms with Crippen LogP contribution >= 0.6 is 0 Å². The lowest BCUT2D eigenvalue weighted by Crippen LogP contribution is -2.39. The summed E-state index contributed by atoms with van der Waals surface area (Å²) in [6.45, 7) is 1.78. The number of nitrogens with one attached hydrogen (secondary N) is 1. The number of hydrogen-bond acceptors (Lipinski definition) is 5. The van der Waals surface area contributed by atoms with Crippen LogP contribution in [0.3, 0.4) is 0 Å². The van der Waals surface area contributed by atoms with Crippen molar-refractivity contribution in [3.8, 4) is 11.5 Å². The number of amides is 1. The van der Waals surface area contributed by atoms with E-state index < -0.39 is 12.1 Å². The zero-order valence-corrected chi connectivity index (χ0v) is 16.2. The van der Waals surface area contributed by atoms with Crippen LogP contribution in [-0.4, -0.2) is 24.8 Å². The third-order valence-corrected chi connectivity index (χ3v) is 5.16. The van der Waals surface area contributed by atoms with Crippen LogP contribution < -0.4 is 14.8 Å². The third-order valence-electron chi connectivity index (χ3n) is 5.16. The summed E-state index contributed by atoms with van der Waals surface area (Å²) in [7, 11) is 0. The van der Waals surface area contributed by atoms with E-state index in [9.17, 15) is 9.59 Å². The first-order valence-electron chi connectivity index (χ1n) is 9.76. The third kappa shape index (κ3) is 4.42. The summed E-state index contributed by atoms with van der Waals surface area (Å²) in [6, 6.07) is 13.5. The van der Waals surface area contributed by atoms with Crippen molar-refractivity contribution in [2.45, 2.75) is 38.3 Å². The van der Waals surface area contributed by atoms with E-state index >= 15 is 0 Å². The minimum absolute atomic E-state index is 0.0437. The van der Waals surface area contributed by atoms with Crippen LogP contribution in [0, 0.1) is 0 Å². The molecule has 29 heavy (non-hydrogen) atoms. The fourth-order valence-electron chi connectivity index (χ4n) is 3.64. The number of hydrogen-bond donors (Lipinski definition) is 1. The largest absolute Gasteiger partial charge is 0.454 e. The van der Waals surface area contributed by atoms with Crippen LogP contribution in [0.5, 0.6) is 11.5 Å². The number of fused-ring (bicyclic) bond motifs is 2. The number of rotatable bonds is 5. The van der Waals surface area contributed by atoms with Gasteiger partial charge >= 0.3 is 5.97 Å². The molecule has 0 fully saturated rings. The first kappa shape index (κ1) is 19.1. The standard InChI is InChI=1S/C23H23NO5/c1-15(23(26)24-19-8-4-6-17-5-2-3-7-18(17)19)29-22(25)12-10-16-9-11-20-21(13-16)28-14-27-20/h2-3,5,7,9-13,15,19H,4,6,8,14H2,1H3,(H,24,26)/b12-10+/t15-,19-/m1/s1. The minimum Gasteiger partial charge on any atom is -0.454 e. The van der Waals surface area contributed by atoms with Crippen molar-refractivity contribution in [2.75, 3.05) is 6.79 Å². The van der Waals surface area contributed by atoms with Gasteiger partial charge in [-0.25, -0.2) is 4.79 Å². The average Bonchev–Trinajstić information content (AvgIpc) is 3.20. The topological polar surface area (TPSA) is 73.9 Å². The molecule has 6 heteroatoms. The van der Waals surface area contributed by atoms with E-state index in [-0.39, 0.29) is 18.7 Å². The van der Waals surface area contributed by atoms with E-state index in [2.05, 4.69) is 11.4 Å². The summed E-state index contributed by atoms with van der Waals surface area (Å²) >= 11 is 0. The molecule has 1 heterocycles. The maximum absolute atomic E-state index is 12.5. The molecule has 2 aliphatic rings. The molecule has 0 aromatic heterocycles. The van der Waals surface area contributed by atoms with Gasteiger partial charge in [0.15, 0.2) is 17.6 Å². The number of carbonyl (C=O) groups excluding carboxylic acids is 2. The Hall–Kier alpha value is -3.28. The lowest BCUT2D eigenvalue weighted by atomic mass is 9.87. The van der Waals surface area contributed by atoms with Crippen LogP contribution in [0.15, 0.2) is 48.5 Å². The number of aryl methyl sites for hydroxylation is 1. The molecule has 0 saturated heterocycles. The molecule has 4 rings (SSSR count). The predicted octanol–water partition coefficient (Wildman–Crippen LogP) is 3.55. The second kappa shape index (κ2) is 8.39. The Morgan fingerprint density at radius 2 is 2.00 bits per heavy atom. The van der Waals surface area contributed by atoms with E-state index in [1.54, 1.807) is 25.1 Å². The lowest BCUT2D eigenvalue weighted by molar-refractivity contribution is -0.150. The number of carbonyl (C=O) groups is 2. The van der Waals surface area contributed by atoms with Gasteiger partial charge in [-0.2, -0.15) is 0 Å². The van der Waals surface area contributed by atoms with Crippen LogP contribution in [0.2, 0.25) is 0 Å². The van der Waals surface area contributed by atoms with Crippen molar-refractivity contribution in [3.05, 3.63) is 65.2 Å². The number of benzene rings is 2. The highest BCUT2D eigenvalue weighted by Gasteiger charge is 2.25. The molecule has 0 radical (unpaired) electrons. The van der Waals surface area contributed by atoms with Crippen molar-refractivity contribution in [3.63, 3.8) is 0 Å². The monoisotopic (exact) mass is 393 g/mol. The molecule has 2 aromatic rings. The maximum Gasteiger partial charge on any atom is 0.331 e. The van der Waals surface area contributed by atoms with E-state index in [1.165, 1.54) is 11.6 Å². The van der Waals surface area contributed by atoms with Gasteiger partial charge in [0.2, 0.25) is 6.79 Å². The summed E-state index contributed by atoms with van der Waals surface area (Å²) in [4.78, 5) is 24.6. The van der Waals surface area contributed by atoms with E-state index in [1.807, 2.05) is 24.3 Å². The summed E-state index contributed by atoms with van der Waals surface area (Å²) in [5.41, 5.74) is 3.19. The normalized spacial score (nSPS) is 18.2. The summed E-state index contributed by atoms with van der Waals surface area (Å²) in [5, 5.41) is 3.01. The van der Waals surface area contributed by atoms with Gasteiger partial charge in [-0.3, -0.25) is 4.79 Å². The highest BCUT2D eigenvalue weighted by atomic mass is 16.7. The van der Waals surface area contributed by atoms with Gasteiger partial charge in [0, 0.05) is 6.08 Å². The van der Waals surface area contributed by atoms with Gasteiger partial charge in [-0.15, -0.1) is 0 Å². The predicted molar refractivity (Wildman–Crippen MR) is 107 cm³/mol. The van der Waals surface area contributed by atoms with Gasteiger partial charge in [0.05, 0.1) is 6.04 Å². The van der Waals surface area contributed by atoms with Crippen molar-refractivity contribution < 1.29 is 23.8 Å². The second-order valence-corrected chi connectivity index (χ2v) is 7.18. The molecule has 2 aromatic carbocycles. The minimum atomic E-state index is -0.877. The lowest BCUT2D eigenvalue weighted by Gasteiger charge is -2.27. The SMILES string of the molecule is C[C@@H](OC(=O)/C=C/c1ccc2c(c1)OCO2)C(=O)N[C@@H]1CCCc2ccccc21. The molecule has 1 N–H and O–H groups in total. The molecular formula is C23H23NO5. The zero-order chi connectivity index (χ0) is 20.2.